The van der Waals surface area contributed by atoms with Crippen LogP contribution in [0.5, 0.6) is 5.75 Å². The highest BCUT2D eigenvalue weighted by Crippen LogP contribution is 2.27. The molecule has 140 valence electrons. The van der Waals surface area contributed by atoms with Crippen molar-refractivity contribution in [1.29, 1.82) is 0 Å². The normalized spacial score (nSPS) is 15.3. The molecule has 2 N–H and O–H groups in total. The van der Waals surface area contributed by atoms with Gasteiger partial charge in [0.05, 0.1) is 6.10 Å². The molecule has 0 saturated heterocycles. The van der Waals surface area contributed by atoms with E-state index in [0.717, 1.165) is 18.3 Å². The van der Waals surface area contributed by atoms with Gasteiger partial charge in [0.1, 0.15) is 5.75 Å². The summed E-state index contributed by atoms with van der Waals surface area (Å²) in [7, 11) is 3.82. The molecule has 0 aliphatic heterocycles. The van der Waals surface area contributed by atoms with Crippen LogP contribution in [-0.4, -0.2) is 23.7 Å². The lowest BCUT2D eigenvalue weighted by atomic mass is 10.1. The number of hydrogen-bond acceptors (Lipinski definition) is 2. The van der Waals surface area contributed by atoms with Crippen LogP contribution < -0.4 is 15.4 Å². The van der Waals surface area contributed by atoms with E-state index in [1.54, 1.807) is 7.05 Å². The number of aliphatic imine (C=N–C) groups is 1. The summed E-state index contributed by atoms with van der Waals surface area (Å²) in [5, 5.41) is 6.76. The molecule has 0 spiro atoms. The van der Waals surface area contributed by atoms with Gasteiger partial charge in [0.15, 0.2) is 5.96 Å². The summed E-state index contributed by atoms with van der Waals surface area (Å²) in [6, 6.07) is 8.54. The number of ether oxygens (including phenoxy) is 1. The van der Waals surface area contributed by atoms with E-state index < -0.39 is 0 Å². The monoisotopic (exact) mass is 354 g/mol. The molecule has 1 saturated carbocycles. The third kappa shape index (κ3) is 5.04. The summed E-state index contributed by atoms with van der Waals surface area (Å²) >= 11 is 0. The van der Waals surface area contributed by atoms with Crippen LogP contribution in [0.4, 0.5) is 0 Å². The van der Waals surface area contributed by atoms with Crippen LogP contribution in [0.15, 0.2) is 41.7 Å². The maximum Gasteiger partial charge on any atom is 0.191 e. The molecule has 0 bridgehead atoms. The molecule has 1 aliphatic rings. The molecular formula is C21H30N4O. The summed E-state index contributed by atoms with van der Waals surface area (Å²) in [5.74, 6) is 1.80. The molecule has 1 heterocycles. The minimum Gasteiger partial charge on any atom is -0.490 e. The fraction of sp³-hybridized carbons (Fsp3) is 0.476. The zero-order valence-electron chi connectivity index (χ0n) is 16.1. The highest BCUT2D eigenvalue weighted by Gasteiger charge is 2.18. The second-order valence-corrected chi connectivity index (χ2v) is 7.10. The van der Waals surface area contributed by atoms with Gasteiger partial charge in [-0.15, -0.1) is 0 Å². The Hall–Kier alpha value is -2.43. The quantitative estimate of drug-likeness (QED) is 0.616. The van der Waals surface area contributed by atoms with Gasteiger partial charge in [0.25, 0.3) is 0 Å². The Balaban J connectivity index is 1.58. The number of nitrogens with one attached hydrogen (secondary N) is 2. The molecular weight excluding hydrogens is 324 g/mol. The number of nitrogens with zero attached hydrogens (tertiary/aromatic N) is 2. The first-order valence-electron chi connectivity index (χ1n) is 9.45. The van der Waals surface area contributed by atoms with Crippen molar-refractivity contribution in [2.24, 2.45) is 12.0 Å². The van der Waals surface area contributed by atoms with E-state index in [-0.39, 0.29) is 0 Å². The van der Waals surface area contributed by atoms with Gasteiger partial charge in [0, 0.05) is 45.1 Å². The van der Waals surface area contributed by atoms with Crippen molar-refractivity contribution in [2.45, 2.75) is 51.8 Å². The minimum atomic E-state index is 0.367. The molecule has 1 aliphatic carbocycles. The minimum absolute atomic E-state index is 0.367. The molecule has 1 fully saturated rings. The second-order valence-electron chi connectivity index (χ2n) is 7.10. The molecule has 3 rings (SSSR count). The van der Waals surface area contributed by atoms with Crippen molar-refractivity contribution in [3.8, 4) is 5.75 Å². The summed E-state index contributed by atoms with van der Waals surface area (Å²) in [6.07, 6.45) is 9.41. The summed E-state index contributed by atoms with van der Waals surface area (Å²) in [6.45, 7) is 3.55. The number of aryl methyl sites for hydroxylation is 2. The van der Waals surface area contributed by atoms with E-state index in [2.05, 4.69) is 53.0 Å². The third-order valence-corrected chi connectivity index (χ3v) is 4.84. The molecule has 0 radical (unpaired) electrons. The van der Waals surface area contributed by atoms with Crippen molar-refractivity contribution in [3.05, 3.63) is 53.3 Å². The van der Waals surface area contributed by atoms with Crippen molar-refractivity contribution in [2.75, 3.05) is 7.05 Å². The van der Waals surface area contributed by atoms with Crippen LogP contribution in [0.2, 0.25) is 0 Å². The van der Waals surface area contributed by atoms with Gasteiger partial charge in [-0.25, -0.2) is 0 Å². The molecule has 1 aromatic heterocycles. The largest absolute Gasteiger partial charge is 0.490 e. The van der Waals surface area contributed by atoms with Gasteiger partial charge in [-0.2, -0.15) is 0 Å². The van der Waals surface area contributed by atoms with Gasteiger partial charge < -0.3 is 19.9 Å². The van der Waals surface area contributed by atoms with Gasteiger partial charge in [-0.05, 0) is 55.9 Å². The Morgan fingerprint density at radius 2 is 1.96 bits per heavy atom. The van der Waals surface area contributed by atoms with Gasteiger partial charge in [-0.1, -0.05) is 12.1 Å². The predicted octanol–water partition coefficient (Wildman–Crippen LogP) is 3.52. The standard InChI is InChI=1S/C21H30N4O/c1-16-8-9-18(20(12-16)26-19-6-4-5-7-19)14-24-21(22-2)23-13-17-10-11-25(3)15-17/h8-12,15,19H,4-7,13-14H2,1-3H3,(H2,22,23,24). The first-order chi connectivity index (χ1) is 12.6. The van der Waals surface area contributed by atoms with Crippen molar-refractivity contribution in [1.82, 2.24) is 15.2 Å². The molecule has 0 atom stereocenters. The Labute approximate surface area is 156 Å². The average molecular weight is 354 g/mol. The second kappa shape index (κ2) is 8.79. The summed E-state index contributed by atoms with van der Waals surface area (Å²) in [4.78, 5) is 4.32. The van der Waals surface area contributed by atoms with E-state index >= 15 is 0 Å². The van der Waals surface area contributed by atoms with Crippen LogP contribution in [0.3, 0.4) is 0 Å². The fourth-order valence-corrected chi connectivity index (χ4v) is 3.35. The molecule has 1 aromatic carbocycles. The Bertz CT molecular complexity index is 744. The number of guanidine groups is 1. The lowest BCUT2D eigenvalue weighted by Gasteiger charge is -2.18. The topological polar surface area (TPSA) is 50.6 Å². The van der Waals surface area contributed by atoms with Crippen LogP contribution >= 0.6 is 0 Å². The Morgan fingerprint density at radius 1 is 1.19 bits per heavy atom. The van der Waals surface area contributed by atoms with E-state index in [1.165, 1.54) is 42.4 Å². The van der Waals surface area contributed by atoms with Gasteiger partial charge in [-0.3, -0.25) is 4.99 Å². The fourth-order valence-electron chi connectivity index (χ4n) is 3.35. The summed E-state index contributed by atoms with van der Waals surface area (Å²) in [5.41, 5.74) is 3.63. The van der Waals surface area contributed by atoms with Crippen molar-refractivity contribution < 1.29 is 4.74 Å². The Morgan fingerprint density at radius 3 is 2.65 bits per heavy atom. The number of benzene rings is 1. The zero-order chi connectivity index (χ0) is 18.4. The third-order valence-electron chi connectivity index (χ3n) is 4.84. The zero-order valence-corrected chi connectivity index (χ0v) is 16.1. The maximum absolute atomic E-state index is 6.28. The molecule has 5 heteroatoms. The lowest BCUT2D eigenvalue weighted by molar-refractivity contribution is 0.207. The number of hydrogen-bond donors (Lipinski definition) is 2. The van der Waals surface area contributed by atoms with E-state index in [0.29, 0.717) is 12.6 Å². The highest BCUT2D eigenvalue weighted by molar-refractivity contribution is 5.79. The Kier molecular flexibility index (Phi) is 6.21. The maximum atomic E-state index is 6.28. The van der Waals surface area contributed by atoms with E-state index in [9.17, 15) is 0 Å². The van der Waals surface area contributed by atoms with Gasteiger partial charge >= 0.3 is 0 Å². The summed E-state index contributed by atoms with van der Waals surface area (Å²) < 4.78 is 8.33. The highest BCUT2D eigenvalue weighted by atomic mass is 16.5. The molecule has 2 aromatic rings. The first kappa shape index (κ1) is 18.4. The van der Waals surface area contributed by atoms with Crippen LogP contribution in [0, 0.1) is 6.92 Å². The van der Waals surface area contributed by atoms with Gasteiger partial charge in [0.2, 0.25) is 0 Å². The van der Waals surface area contributed by atoms with Crippen molar-refractivity contribution >= 4 is 5.96 Å². The van der Waals surface area contributed by atoms with Crippen LogP contribution in [0.25, 0.3) is 0 Å². The molecule has 0 amide bonds. The molecule has 0 unspecified atom stereocenters. The lowest BCUT2D eigenvalue weighted by Crippen LogP contribution is -2.36. The SMILES string of the molecule is CN=C(NCc1ccn(C)c1)NCc1ccc(C)cc1OC1CCCC1. The molecule has 26 heavy (non-hydrogen) atoms. The van der Waals surface area contributed by atoms with Crippen LogP contribution in [0.1, 0.15) is 42.4 Å². The number of aromatic nitrogens is 1. The molecule has 5 nitrogen and oxygen atoms in total. The smallest absolute Gasteiger partial charge is 0.191 e. The van der Waals surface area contributed by atoms with Crippen molar-refractivity contribution in [3.63, 3.8) is 0 Å². The van der Waals surface area contributed by atoms with E-state index in [4.69, 9.17) is 4.74 Å². The average Bonchev–Trinajstić information content (AvgIpc) is 3.28. The van der Waals surface area contributed by atoms with E-state index in [1.807, 2.05) is 17.8 Å². The predicted molar refractivity (Wildman–Crippen MR) is 107 cm³/mol. The van der Waals surface area contributed by atoms with Crippen LogP contribution in [-0.2, 0) is 20.1 Å². The number of rotatable bonds is 6. The first-order valence-corrected chi connectivity index (χ1v) is 9.45.